The van der Waals surface area contributed by atoms with Crippen molar-refractivity contribution in [3.8, 4) is 5.69 Å². The monoisotopic (exact) mass is 346 g/mol. The first kappa shape index (κ1) is 17.1. The third-order valence-electron chi connectivity index (χ3n) is 4.24. The minimum Gasteiger partial charge on any atom is -0.481 e. The maximum absolute atomic E-state index is 14.1. The van der Waals surface area contributed by atoms with Crippen molar-refractivity contribution in [3.63, 3.8) is 0 Å². The number of amides is 1. The Labute approximate surface area is 144 Å². The molecule has 1 aliphatic rings. The zero-order valence-corrected chi connectivity index (χ0v) is 13.9. The van der Waals surface area contributed by atoms with E-state index in [1.54, 1.807) is 18.2 Å². The number of carbonyl (C=O) groups excluding carboxylic acids is 1. The summed E-state index contributed by atoms with van der Waals surface area (Å²) in [7, 11) is 0. The van der Waals surface area contributed by atoms with Crippen LogP contribution in [0, 0.1) is 11.7 Å². The van der Waals surface area contributed by atoms with Gasteiger partial charge < -0.3 is 10.0 Å². The quantitative estimate of drug-likeness (QED) is 0.893. The Morgan fingerprint density at radius 1 is 1.36 bits per heavy atom. The van der Waals surface area contributed by atoms with Gasteiger partial charge in [0, 0.05) is 19.5 Å². The second kappa shape index (κ2) is 7.00. The fourth-order valence-corrected chi connectivity index (χ4v) is 2.92. The number of halogens is 1. The van der Waals surface area contributed by atoms with E-state index in [2.05, 4.69) is 10.1 Å². The number of carboxylic acid groups (broad SMARTS) is 1. The van der Waals surface area contributed by atoms with Gasteiger partial charge in [-0.2, -0.15) is 0 Å². The Balaban J connectivity index is 1.90. The van der Waals surface area contributed by atoms with Crippen molar-refractivity contribution in [2.24, 2.45) is 5.92 Å². The largest absolute Gasteiger partial charge is 0.481 e. The van der Waals surface area contributed by atoms with E-state index in [0.29, 0.717) is 25.2 Å². The molecule has 2 aromatic rings. The van der Waals surface area contributed by atoms with Crippen LogP contribution in [0.5, 0.6) is 0 Å². The van der Waals surface area contributed by atoms with Gasteiger partial charge in [0.05, 0.1) is 5.92 Å². The first-order valence-electron chi connectivity index (χ1n) is 8.24. The molecular formula is C17H19FN4O3. The molecule has 1 aromatic carbocycles. The third kappa shape index (κ3) is 3.38. The lowest BCUT2D eigenvalue weighted by Gasteiger charge is -2.13. The van der Waals surface area contributed by atoms with Crippen LogP contribution in [-0.4, -0.2) is 49.7 Å². The predicted octanol–water partition coefficient (Wildman–Crippen LogP) is 1.91. The van der Waals surface area contributed by atoms with Crippen molar-refractivity contribution < 1.29 is 19.1 Å². The van der Waals surface area contributed by atoms with Gasteiger partial charge in [-0.15, -0.1) is 5.10 Å². The topological polar surface area (TPSA) is 88.3 Å². The highest BCUT2D eigenvalue weighted by Crippen LogP contribution is 2.20. The molecule has 1 N–H and O–H groups in total. The zero-order chi connectivity index (χ0) is 18.0. The fraction of sp³-hybridized carbons (Fsp3) is 0.412. The molecule has 3 rings (SSSR count). The SMILES string of the molecule is CCCc1nc(C(=O)N2CCC(C(=O)O)C2)nn1-c1ccccc1F. The maximum atomic E-state index is 14.1. The van der Waals surface area contributed by atoms with Crippen molar-refractivity contribution >= 4 is 11.9 Å². The number of hydrogen-bond donors (Lipinski definition) is 1. The summed E-state index contributed by atoms with van der Waals surface area (Å²) in [5, 5.41) is 13.3. The molecule has 0 saturated carbocycles. The van der Waals surface area contributed by atoms with Gasteiger partial charge in [-0.1, -0.05) is 19.1 Å². The van der Waals surface area contributed by atoms with Crippen molar-refractivity contribution in [2.75, 3.05) is 13.1 Å². The van der Waals surface area contributed by atoms with Gasteiger partial charge >= 0.3 is 5.97 Å². The highest BCUT2D eigenvalue weighted by molar-refractivity contribution is 5.91. The van der Waals surface area contributed by atoms with Gasteiger partial charge in [-0.05, 0) is 25.0 Å². The fourth-order valence-electron chi connectivity index (χ4n) is 2.92. The van der Waals surface area contributed by atoms with E-state index < -0.39 is 23.6 Å². The van der Waals surface area contributed by atoms with Crippen LogP contribution in [0.25, 0.3) is 5.69 Å². The second-order valence-corrected chi connectivity index (χ2v) is 6.04. The minimum atomic E-state index is -0.910. The molecule has 1 unspecified atom stereocenters. The normalized spacial score (nSPS) is 17.0. The van der Waals surface area contributed by atoms with Crippen molar-refractivity contribution in [3.05, 3.63) is 41.7 Å². The predicted molar refractivity (Wildman–Crippen MR) is 87.0 cm³/mol. The van der Waals surface area contributed by atoms with Gasteiger partial charge in [0.1, 0.15) is 17.3 Å². The number of aryl methyl sites for hydroxylation is 1. The van der Waals surface area contributed by atoms with Crippen LogP contribution in [0.3, 0.4) is 0 Å². The molecule has 1 fully saturated rings. The Morgan fingerprint density at radius 2 is 2.12 bits per heavy atom. The number of benzene rings is 1. The average molecular weight is 346 g/mol. The number of para-hydroxylation sites is 1. The summed E-state index contributed by atoms with van der Waals surface area (Å²) in [6, 6.07) is 6.17. The Morgan fingerprint density at radius 3 is 2.76 bits per heavy atom. The zero-order valence-electron chi connectivity index (χ0n) is 13.9. The molecule has 1 aliphatic heterocycles. The summed E-state index contributed by atoms with van der Waals surface area (Å²) in [4.78, 5) is 29.4. The summed E-state index contributed by atoms with van der Waals surface area (Å²) < 4.78 is 15.5. The molecule has 7 nitrogen and oxygen atoms in total. The number of hydrogen-bond acceptors (Lipinski definition) is 4. The van der Waals surface area contributed by atoms with E-state index in [1.807, 2.05) is 6.92 Å². The van der Waals surface area contributed by atoms with Gasteiger partial charge in [0.25, 0.3) is 5.91 Å². The Bertz CT molecular complexity index is 805. The summed E-state index contributed by atoms with van der Waals surface area (Å²) in [6.45, 7) is 2.46. The molecule has 0 bridgehead atoms. The highest BCUT2D eigenvalue weighted by Gasteiger charge is 2.33. The molecule has 1 amide bonds. The van der Waals surface area contributed by atoms with Gasteiger partial charge in [0.15, 0.2) is 0 Å². The van der Waals surface area contributed by atoms with Crippen LogP contribution in [0.15, 0.2) is 24.3 Å². The first-order chi connectivity index (χ1) is 12.0. The summed E-state index contributed by atoms with van der Waals surface area (Å²) in [6.07, 6.45) is 1.73. The molecule has 1 atom stereocenters. The molecule has 132 valence electrons. The third-order valence-corrected chi connectivity index (χ3v) is 4.24. The van der Waals surface area contributed by atoms with E-state index in [0.717, 1.165) is 6.42 Å². The molecule has 2 heterocycles. The standard InChI is InChI=1S/C17H19FN4O3/c1-2-5-14-19-15(16(23)21-9-8-11(10-21)17(24)25)20-22(14)13-7-4-3-6-12(13)18/h3-4,6-7,11H,2,5,8-10H2,1H3,(H,24,25). The number of likely N-dealkylation sites (tertiary alicyclic amines) is 1. The van der Waals surface area contributed by atoms with Crippen LogP contribution in [0.2, 0.25) is 0 Å². The van der Waals surface area contributed by atoms with E-state index in [-0.39, 0.29) is 18.1 Å². The molecule has 0 radical (unpaired) electrons. The summed E-state index contributed by atoms with van der Waals surface area (Å²) in [5.74, 6) is -1.87. The van der Waals surface area contributed by atoms with Crippen molar-refractivity contribution in [1.82, 2.24) is 19.7 Å². The minimum absolute atomic E-state index is 0.0299. The number of rotatable bonds is 5. The Hall–Kier alpha value is -2.77. The van der Waals surface area contributed by atoms with Gasteiger partial charge in [0.2, 0.25) is 5.82 Å². The Kier molecular flexibility index (Phi) is 4.78. The van der Waals surface area contributed by atoms with Gasteiger partial charge in [-0.3, -0.25) is 9.59 Å². The summed E-state index contributed by atoms with van der Waals surface area (Å²) in [5.41, 5.74) is 0.238. The number of carboxylic acids is 1. The molecular weight excluding hydrogens is 327 g/mol. The lowest BCUT2D eigenvalue weighted by molar-refractivity contribution is -0.141. The van der Waals surface area contributed by atoms with E-state index in [4.69, 9.17) is 5.11 Å². The molecule has 8 heteroatoms. The number of carbonyl (C=O) groups is 2. The smallest absolute Gasteiger partial charge is 0.308 e. The lowest BCUT2D eigenvalue weighted by Crippen LogP contribution is -2.30. The first-order valence-corrected chi connectivity index (χ1v) is 8.24. The van der Waals surface area contributed by atoms with Crippen LogP contribution >= 0.6 is 0 Å². The number of aliphatic carboxylic acids is 1. The molecule has 0 aliphatic carbocycles. The van der Waals surface area contributed by atoms with Crippen LogP contribution in [-0.2, 0) is 11.2 Å². The van der Waals surface area contributed by atoms with Crippen LogP contribution in [0.1, 0.15) is 36.2 Å². The van der Waals surface area contributed by atoms with Crippen LogP contribution < -0.4 is 0 Å². The number of nitrogens with zero attached hydrogens (tertiary/aromatic N) is 4. The van der Waals surface area contributed by atoms with E-state index >= 15 is 0 Å². The average Bonchev–Trinajstić information content (AvgIpc) is 3.22. The maximum Gasteiger partial charge on any atom is 0.308 e. The van der Waals surface area contributed by atoms with Crippen molar-refractivity contribution in [1.29, 1.82) is 0 Å². The molecule has 0 spiro atoms. The highest BCUT2D eigenvalue weighted by atomic mass is 19.1. The van der Waals surface area contributed by atoms with Crippen molar-refractivity contribution in [2.45, 2.75) is 26.2 Å². The molecule has 1 saturated heterocycles. The molecule has 1 aromatic heterocycles. The van der Waals surface area contributed by atoms with Gasteiger partial charge in [-0.25, -0.2) is 14.1 Å². The number of aromatic nitrogens is 3. The van der Waals surface area contributed by atoms with Crippen LogP contribution in [0.4, 0.5) is 4.39 Å². The lowest BCUT2D eigenvalue weighted by atomic mass is 10.1. The second-order valence-electron chi connectivity index (χ2n) is 6.04. The van der Waals surface area contributed by atoms with E-state index in [1.165, 1.54) is 15.6 Å². The molecule has 25 heavy (non-hydrogen) atoms. The van der Waals surface area contributed by atoms with E-state index in [9.17, 15) is 14.0 Å². The summed E-state index contributed by atoms with van der Waals surface area (Å²) >= 11 is 0.